The number of rotatable bonds is 3. The number of benzene rings is 1. The van der Waals surface area contributed by atoms with Crippen LogP contribution in [0.15, 0.2) is 18.2 Å². The highest BCUT2D eigenvalue weighted by Gasteiger charge is 2.21. The molecular formula is C9H11F2NO2. The van der Waals surface area contributed by atoms with Crippen molar-refractivity contribution >= 4 is 0 Å². The zero-order valence-corrected chi connectivity index (χ0v) is 7.58. The van der Waals surface area contributed by atoms with Crippen molar-refractivity contribution < 1.29 is 18.6 Å². The number of methoxy groups -OCH3 is 1. The summed E-state index contributed by atoms with van der Waals surface area (Å²) in [6.07, 6.45) is -2.71. The van der Waals surface area contributed by atoms with Gasteiger partial charge in [0.25, 0.3) is 6.43 Å². The lowest BCUT2D eigenvalue weighted by atomic mass is 10.1. The van der Waals surface area contributed by atoms with Crippen LogP contribution in [0.3, 0.4) is 0 Å². The molecule has 78 valence electrons. The highest BCUT2D eigenvalue weighted by atomic mass is 19.3. The molecular weight excluding hydrogens is 192 g/mol. The van der Waals surface area contributed by atoms with Crippen molar-refractivity contribution in [2.45, 2.75) is 12.5 Å². The van der Waals surface area contributed by atoms with E-state index in [-0.39, 0.29) is 11.3 Å². The van der Waals surface area contributed by atoms with Gasteiger partial charge >= 0.3 is 0 Å². The van der Waals surface area contributed by atoms with Gasteiger partial charge in [-0.1, -0.05) is 0 Å². The summed E-state index contributed by atoms with van der Waals surface area (Å²) in [6, 6.07) is 2.55. The first-order chi connectivity index (χ1) is 6.56. The summed E-state index contributed by atoms with van der Waals surface area (Å²) in [5.74, 6) is 0.132. The second kappa shape index (κ2) is 4.23. The van der Waals surface area contributed by atoms with Crippen LogP contribution < -0.4 is 10.5 Å². The van der Waals surface area contributed by atoms with Crippen molar-refractivity contribution in [3.05, 3.63) is 23.8 Å². The third-order valence-electron chi connectivity index (χ3n) is 1.87. The Morgan fingerprint density at radius 1 is 1.43 bits per heavy atom. The molecule has 0 amide bonds. The predicted molar refractivity (Wildman–Crippen MR) is 47.6 cm³/mol. The van der Waals surface area contributed by atoms with Crippen molar-refractivity contribution in [2.75, 3.05) is 7.11 Å². The lowest BCUT2D eigenvalue weighted by Crippen LogP contribution is -2.19. The Balaban J connectivity index is 3.05. The largest absolute Gasteiger partial charge is 0.508 e. The average Bonchev–Trinajstić information content (AvgIpc) is 2.17. The minimum atomic E-state index is -2.71. The molecule has 0 aliphatic rings. The quantitative estimate of drug-likeness (QED) is 0.785. The van der Waals surface area contributed by atoms with Gasteiger partial charge in [0, 0.05) is 5.56 Å². The van der Waals surface area contributed by atoms with E-state index in [4.69, 9.17) is 10.5 Å². The van der Waals surface area contributed by atoms with E-state index in [1.54, 1.807) is 0 Å². The number of halogens is 2. The highest BCUT2D eigenvalue weighted by Crippen LogP contribution is 2.30. The van der Waals surface area contributed by atoms with Crippen molar-refractivity contribution in [1.29, 1.82) is 0 Å². The van der Waals surface area contributed by atoms with E-state index >= 15 is 0 Å². The molecule has 0 bridgehead atoms. The third-order valence-corrected chi connectivity index (χ3v) is 1.87. The fraction of sp³-hybridized carbons (Fsp3) is 0.333. The van der Waals surface area contributed by atoms with Gasteiger partial charge in [-0.3, -0.25) is 0 Å². The first-order valence-corrected chi connectivity index (χ1v) is 3.97. The van der Waals surface area contributed by atoms with E-state index in [1.165, 1.54) is 25.3 Å². The average molecular weight is 203 g/mol. The molecule has 1 aromatic rings. The fourth-order valence-corrected chi connectivity index (χ4v) is 1.06. The van der Waals surface area contributed by atoms with E-state index in [2.05, 4.69) is 0 Å². The molecule has 0 spiro atoms. The van der Waals surface area contributed by atoms with Crippen LogP contribution in [0.25, 0.3) is 0 Å². The molecule has 0 aromatic heterocycles. The predicted octanol–water partition coefficient (Wildman–Crippen LogP) is 1.67. The van der Waals surface area contributed by atoms with E-state index in [0.717, 1.165) is 0 Å². The molecule has 14 heavy (non-hydrogen) atoms. The minimum Gasteiger partial charge on any atom is -0.508 e. The summed E-state index contributed by atoms with van der Waals surface area (Å²) in [5, 5.41) is 9.28. The second-order valence-electron chi connectivity index (χ2n) is 2.78. The summed E-state index contributed by atoms with van der Waals surface area (Å²) in [7, 11) is 1.41. The van der Waals surface area contributed by atoms with Crippen LogP contribution in [0.4, 0.5) is 8.78 Å². The van der Waals surface area contributed by atoms with Crippen molar-refractivity contribution in [3.63, 3.8) is 0 Å². The fourth-order valence-electron chi connectivity index (χ4n) is 1.06. The molecule has 0 fully saturated rings. The number of ether oxygens (including phenoxy) is 1. The Morgan fingerprint density at radius 3 is 2.57 bits per heavy atom. The van der Waals surface area contributed by atoms with Gasteiger partial charge in [0.2, 0.25) is 0 Å². The number of phenols is 1. The Kier molecular flexibility index (Phi) is 3.24. The maximum Gasteiger partial charge on any atom is 0.257 e. The van der Waals surface area contributed by atoms with E-state index < -0.39 is 12.5 Å². The van der Waals surface area contributed by atoms with Crippen LogP contribution in [-0.4, -0.2) is 18.6 Å². The number of nitrogens with two attached hydrogens (primary N) is 1. The van der Waals surface area contributed by atoms with Gasteiger partial charge in [-0.25, -0.2) is 8.78 Å². The van der Waals surface area contributed by atoms with Gasteiger partial charge in [-0.05, 0) is 18.2 Å². The Morgan fingerprint density at radius 2 is 2.07 bits per heavy atom. The van der Waals surface area contributed by atoms with Gasteiger partial charge in [0.15, 0.2) is 0 Å². The van der Waals surface area contributed by atoms with E-state index in [0.29, 0.717) is 5.75 Å². The van der Waals surface area contributed by atoms with Crippen LogP contribution in [0.2, 0.25) is 0 Å². The normalized spacial score (nSPS) is 12.9. The van der Waals surface area contributed by atoms with Crippen LogP contribution in [0.1, 0.15) is 11.6 Å². The van der Waals surface area contributed by atoms with Gasteiger partial charge < -0.3 is 15.6 Å². The molecule has 0 saturated carbocycles. The zero-order chi connectivity index (χ0) is 10.7. The van der Waals surface area contributed by atoms with Crippen molar-refractivity contribution in [1.82, 2.24) is 0 Å². The molecule has 0 unspecified atom stereocenters. The Labute approximate surface area is 80.1 Å². The van der Waals surface area contributed by atoms with Gasteiger partial charge in [0.1, 0.15) is 11.5 Å². The monoisotopic (exact) mass is 203 g/mol. The maximum absolute atomic E-state index is 12.3. The number of alkyl halides is 2. The molecule has 1 atom stereocenters. The summed E-state index contributed by atoms with van der Waals surface area (Å²) in [5.41, 5.74) is 5.18. The SMILES string of the molecule is COc1ccc(O)c([C@H](N)C(F)F)c1. The van der Waals surface area contributed by atoms with E-state index in [1.807, 2.05) is 0 Å². The molecule has 0 radical (unpaired) electrons. The maximum atomic E-state index is 12.3. The summed E-state index contributed by atoms with van der Waals surface area (Å²) >= 11 is 0. The lowest BCUT2D eigenvalue weighted by molar-refractivity contribution is 0.115. The first kappa shape index (κ1) is 10.7. The summed E-state index contributed by atoms with van der Waals surface area (Å²) < 4.78 is 29.3. The number of hydrogen-bond donors (Lipinski definition) is 2. The number of hydrogen-bond acceptors (Lipinski definition) is 3. The highest BCUT2D eigenvalue weighted by molar-refractivity contribution is 5.41. The van der Waals surface area contributed by atoms with Gasteiger partial charge in [0.05, 0.1) is 13.2 Å². The number of aromatic hydroxyl groups is 1. The van der Waals surface area contributed by atoms with Crippen molar-refractivity contribution in [2.24, 2.45) is 5.73 Å². The van der Waals surface area contributed by atoms with Crippen molar-refractivity contribution in [3.8, 4) is 11.5 Å². The van der Waals surface area contributed by atoms with Crippen LogP contribution in [0, 0.1) is 0 Å². The second-order valence-corrected chi connectivity index (χ2v) is 2.78. The zero-order valence-electron chi connectivity index (χ0n) is 7.58. The lowest BCUT2D eigenvalue weighted by Gasteiger charge is -2.13. The standard InChI is InChI=1S/C9H11F2NO2/c1-14-5-2-3-7(13)6(4-5)8(12)9(10)11/h2-4,8-9,13H,12H2,1H3/t8-/m0/s1. The molecule has 0 aliphatic carbocycles. The van der Waals surface area contributed by atoms with Gasteiger partial charge in [-0.15, -0.1) is 0 Å². The number of phenolic OH excluding ortho intramolecular Hbond substituents is 1. The van der Waals surface area contributed by atoms with Crippen LogP contribution in [0.5, 0.6) is 11.5 Å². The Hall–Kier alpha value is -1.36. The summed E-state index contributed by atoms with van der Waals surface area (Å²) in [6.45, 7) is 0. The summed E-state index contributed by atoms with van der Waals surface area (Å²) in [4.78, 5) is 0. The van der Waals surface area contributed by atoms with E-state index in [9.17, 15) is 13.9 Å². The molecule has 0 aliphatic heterocycles. The molecule has 1 aromatic carbocycles. The molecule has 0 saturated heterocycles. The smallest absolute Gasteiger partial charge is 0.257 e. The third kappa shape index (κ3) is 2.11. The van der Waals surface area contributed by atoms with Gasteiger partial charge in [-0.2, -0.15) is 0 Å². The molecule has 1 rings (SSSR count). The topological polar surface area (TPSA) is 55.5 Å². The van der Waals surface area contributed by atoms with Crippen LogP contribution >= 0.6 is 0 Å². The van der Waals surface area contributed by atoms with Crippen LogP contribution in [-0.2, 0) is 0 Å². The first-order valence-electron chi connectivity index (χ1n) is 3.97. The minimum absolute atomic E-state index is 0.0145. The molecule has 3 N–H and O–H groups in total. The molecule has 5 heteroatoms. The molecule has 3 nitrogen and oxygen atoms in total. The molecule has 0 heterocycles. The Bertz CT molecular complexity index is 318.